The molecule has 0 aliphatic carbocycles. The molecule has 0 spiro atoms. The molecular weight excluding hydrogens is 378 g/mol. The number of nitro benzene ring substituents is 1. The van der Waals surface area contributed by atoms with E-state index in [1.165, 1.54) is 19.4 Å². The smallest absolute Gasteiger partial charge is 0.293 e. The number of benzene rings is 1. The lowest BCUT2D eigenvalue weighted by Gasteiger charge is -2.15. The van der Waals surface area contributed by atoms with Crippen molar-refractivity contribution in [1.29, 1.82) is 0 Å². The maximum atomic E-state index is 12.7. The molecule has 1 saturated heterocycles. The zero-order chi connectivity index (χ0) is 19.6. The molecule has 1 amide bonds. The van der Waals surface area contributed by atoms with E-state index in [4.69, 9.17) is 4.74 Å². The Kier molecular flexibility index (Phi) is 4.99. The minimum Gasteiger partial charge on any atom is -0.497 e. The van der Waals surface area contributed by atoms with Gasteiger partial charge in [-0.3, -0.25) is 24.7 Å². The van der Waals surface area contributed by atoms with Crippen molar-refractivity contribution in [3.05, 3.63) is 40.2 Å². The minimum atomic E-state index is -4.34. The van der Waals surface area contributed by atoms with E-state index in [1.807, 2.05) is 0 Å². The minimum absolute atomic E-state index is 0.0722. The lowest BCUT2D eigenvalue weighted by Crippen LogP contribution is -2.29. The van der Waals surface area contributed by atoms with Gasteiger partial charge in [0.25, 0.3) is 21.6 Å². The van der Waals surface area contributed by atoms with E-state index in [0.717, 1.165) is 25.0 Å². The topological polar surface area (TPSA) is 148 Å². The Balaban J connectivity index is 1.94. The van der Waals surface area contributed by atoms with Gasteiger partial charge in [0, 0.05) is 19.3 Å². The number of nitrogens with zero attached hydrogens (tertiary/aromatic N) is 3. The third kappa shape index (κ3) is 3.69. The van der Waals surface area contributed by atoms with Crippen LogP contribution in [0.5, 0.6) is 5.75 Å². The molecule has 0 unspecified atom stereocenters. The number of methoxy groups -OCH3 is 1. The highest BCUT2D eigenvalue weighted by molar-refractivity contribution is 7.92. The van der Waals surface area contributed by atoms with Crippen molar-refractivity contribution in [2.24, 2.45) is 0 Å². The molecule has 1 aromatic carbocycles. The van der Waals surface area contributed by atoms with Gasteiger partial charge in [-0.25, -0.2) is 8.42 Å². The Morgan fingerprint density at radius 1 is 1.37 bits per heavy atom. The van der Waals surface area contributed by atoms with Gasteiger partial charge in [0.1, 0.15) is 5.75 Å². The first-order chi connectivity index (χ1) is 12.8. The maximum absolute atomic E-state index is 12.7. The van der Waals surface area contributed by atoms with Crippen LogP contribution in [0.3, 0.4) is 0 Å². The summed E-state index contributed by atoms with van der Waals surface area (Å²) in [6.07, 6.45) is 2.96. The Morgan fingerprint density at radius 2 is 2.07 bits per heavy atom. The molecule has 1 fully saturated rings. The van der Waals surface area contributed by atoms with E-state index in [2.05, 4.69) is 14.9 Å². The van der Waals surface area contributed by atoms with Crippen LogP contribution in [0.2, 0.25) is 0 Å². The first-order valence-corrected chi connectivity index (χ1v) is 9.50. The first kappa shape index (κ1) is 18.6. The van der Waals surface area contributed by atoms with Crippen molar-refractivity contribution in [3.63, 3.8) is 0 Å². The summed E-state index contributed by atoms with van der Waals surface area (Å²) in [6, 6.07) is 3.38. The van der Waals surface area contributed by atoms with Gasteiger partial charge < -0.3 is 9.64 Å². The zero-order valence-electron chi connectivity index (χ0n) is 14.3. The van der Waals surface area contributed by atoms with Crippen molar-refractivity contribution in [2.75, 3.05) is 24.9 Å². The number of likely N-dealkylation sites (tertiary alicyclic amines) is 1. The second-order valence-corrected chi connectivity index (χ2v) is 7.49. The molecule has 0 bridgehead atoms. The average Bonchev–Trinajstić information content (AvgIpc) is 3.32. The lowest BCUT2D eigenvalue weighted by molar-refractivity contribution is -0.387. The molecule has 0 radical (unpaired) electrons. The van der Waals surface area contributed by atoms with Crippen LogP contribution in [0, 0.1) is 10.1 Å². The highest BCUT2D eigenvalue weighted by Gasteiger charge is 2.30. The highest BCUT2D eigenvalue weighted by Crippen LogP contribution is 2.30. The van der Waals surface area contributed by atoms with E-state index in [9.17, 15) is 23.3 Å². The number of amides is 1. The second kappa shape index (κ2) is 7.23. The van der Waals surface area contributed by atoms with Gasteiger partial charge in [0.05, 0.1) is 23.8 Å². The van der Waals surface area contributed by atoms with Crippen molar-refractivity contribution in [3.8, 4) is 5.75 Å². The fourth-order valence-electron chi connectivity index (χ4n) is 2.79. The van der Waals surface area contributed by atoms with Gasteiger partial charge in [0.2, 0.25) is 0 Å². The summed E-state index contributed by atoms with van der Waals surface area (Å²) in [6.45, 7) is 1.14. The zero-order valence-corrected chi connectivity index (χ0v) is 15.2. The largest absolute Gasteiger partial charge is 0.497 e. The predicted molar refractivity (Wildman–Crippen MR) is 94.2 cm³/mol. The normalized spacial score (nSPS) is 14.2. The Bertz CT molecular complexity index is 980. The van der Waals surface area contributed by atoms with E-state index in [0.29, 0.717) is 13.1 Å². The number of hydrogen-bond donors (Lipinski definition) is 2. The number of nitro groups is 1. The maximum Gasteiger partial charge on any atom is 0.293 e. The lowest BCUT2D eigenvalue weighted by atomic mass is 10.3. The molecule has 2 heterocycles. The van der Waals surface area contributed by atoms with Crippen LogP contribution < -0.4 is 9.46 Å². The summed E-state index contributed by atoms with van der Waals surface area (Å²) >= 11 is 0. The number of carbonyl (C=O) groups is 1. The van der Waals surface area contributed by atoms with Gasteiger partial charge in [-0.15, -0.1) is 0 Å². The summed E-state index contributed by atoms with van der Waals surface area (Å²) < 4.78 is 32.5. The summed E-state index contributed by atoms with van der Waals surface area (Å²) in [4.78, 5) is 24.0. The molecule has 3 rings (SSSR count). The number of anilines is 1. The van der Waals surface area contributed by atoms with Crippen molar-refractivity contribution in [2.45, 2.75) is 17.7 Å². The van der Waals surface area contributed by atoms with Crippen molar-refractivity contribution in [1.82, 2.24) is 15.1 Å². The molecule has 2 aromatic rings. The average molecular weight is 395 g/mol. The second-order valence-electron chi connectivity index (χ2n) is 5.84. The number of aromatic amines is 1. The van der Waals surface area contributed by atoms with Crippen LogP contribution in [-0.4, -0.2) is 54.5 Å². The van der Waals surface area contributed by atoms with Crippen LogP contribution in [0.25, 0.3) is 0 Å². The van der Waals surface area contributed by atoms with Crippen molar-refractivity contribution >= 4 is 27.3 Å². The summed E-state index contributed by atoms with van der Waals surface area (Å²) in [5, 5.41) is 17.5. The molecular formula is C15H17N5O6S. The van der Waals surface area contributed by atoms with Gasteiger partial charge in [-0.2, -0.15) is 5.10 Å². The fraction of sp³-hybridized carbons (Fsp3) is 0.333. The van der Waals surface area contributed by atoms with Gasteiger partial charge in [0.15, 0.2) is 10.6 Å². The molecule has 1 aliphatic heterocycles. The third-order valence-electron chi connectivity index (χ3n) is 4.13. The SMILES string of the molecule is COc1ccc(S(=O)(=O)Nc2c[nH]nc2C(=O)N2CCCC2)c([N+](=O)[O-])c1. The fourth-order valence-corrected chi connectivity index (χ4v) is 4.01. The number of nitrogens with one attached hydrogen (secondary N) is 2. The number of rotatable bonds is 6. The van der Waals surface area contributed by atoms with Gasteiger partial charge >= 0.3 is 0 Å². The number of sulfonamides is 1. The summed E-state index contributed by atoms with van der Waals surface area (Å²) in [5.41, 5.74) is -0.800. The summed E-state index contributed by atoms with van der Waals surface area (Å²) in [7, 11) is -3.03. The van der Waals surface area contributed by atoms with E-state index < -0.39 is 31.4 Å². The van der Waals surface area contributed by atoms with Gasteiger partial charge in [-0.05, 0) is 25.0 Å². The molecule has 27 heavy (non-hydrogen) atoms. The van der Waals surface area contributed by atoms with E-state index in [1.54, 1.807) is 4.90 Å². The number of ether oxygens (including phenoxy) is 1. The molecule has 144 valence electrons. The highest BCUT2D eigenvalue weighted by atomic mass is 32.2. The molecule has 1 aromatic heterocycles. The quantitative estimate of drug-likeness (QED) is 0.554. The van der Waals surface area contributed by atoms with Crippen LogP contribution in [0.15, 0.2) is 29.3 Å². The van der Waals surface area contributed by atoms with E-state index >= 15 is 0 Å². The summed E-state index contributed by atoms with van der Waals surface area (Å²) in [5.74, 6) is -0.260. The van der Waals surface area contributed by atoms with Crippen LogP contribution in [-0.2, 0) is 10.0 Å². The van der Waals surface area contributed by atoms with E-state index in [-0.39, 0.29) is 17.1 Å². The number of H-pyrrole nitrogens is 1. The number of aromatic nitrogens is 2. The molecule has 12 heteroatoms. The molecule has 1 aliphatic rings. The standard InChI is InChI=1S/C15H17N5O6S/c1-26-10-4-5-13(12(8-10)20(22)23)27(24,25)18-11-9-16-17-14(11)15(21)19-6-2-3-7-19/h4-5,8-9,18H,2-3,6-7H2,1H3,(H,16,17). The predicted octanol–water partition coefficient (Wildman–Crippen LogP) is 1.36. The Hall–Kier alpha value is -3.15. The first-order valence-electron chi connectivity index (χ1n) is 8.02. The Morgan fingerprint density at radius 3 is 2.70 bits per heavy atom. The van der Waals surface area contributed by atoms with Crippen LogP contribution >= 0.6 is 0 Å². The number of hydrogen-bond acceptors (Lipinski definition) is 7. The van der Waals surface area contributed by atoms with Crippen LogP contribution in [0.4, 0.5) is 11.4 Å². The Labute approximate surface area is 154 Å². The van der Waals surface area contributed by atoms with Crippen LogP contribution in [0.1, 0.15) is 23.3 Å². The monoisotopic (exact) mass is 395 g/mol. The van der Waals surface area contributed by atoms with Gasteiger partial charge in [-0.1, -0.05) is 0 Å². The number of carbonyl (C=O) groups excluding carboxylic acids is 1. The van der Waals surface area contributed by atoms with Crippen molar-refractivity contribution < 1.29 is 22.9 Å². The molecule has 0 saturated carbocycles. The molecule has 11 nitrogen and oxygen atoms in total. The third-order valence-corrected chi connectivity index (χ3v) is 5.55. The molecule has 0 atom stereocenters. The molecule has 2 N–H and O–H groups in total.